The lowest BCUT2D eigenvalue weighted by Gasteiger charge is -2.18. The van der Waals surface area contributed by atoms with Crippen LogP contribution in [-0.2, 0) is 4.74 Å². The van der Waals surface area contributed by atoms with Gasteiger partial charge >= 0.3 is 0 Å². The van der Waals surface area contributed by atoms with E-state index < -0.39 is 0 Å². The fourth-order valence-corrected chi connectivity index (χ4v) is 1.38. The molecule has 1 rings (SSSR count). The molecular weight excluding hydrogens is 224 g/mol. The number of methoxy groups -OCH3 is 2. The summed E-state index contributed by atoms with van der Waals surface area (Å²) in [6, 6.07) is -0.242. The smallest absolute Gasteiger partial charge is 0.204 e. The van der Waals surface area contributed by atoms with Gasteiger partial charge in [-0.05, 0) is 0 Å². The Morgan fingerprint density at radius 2 is 2.06 bits per heavy atom. The average Bonchev–Trinajstić information content (AvgIpc) is 2.37. The lowest BCUT2D eigenvalue weighted by Crippen LogP contribution is -2.29. The molecule has 0 amide bonds. The van der Waals surface area contributed by atoms with Crippen molar-refractivity contribution in [1.82, 2.24) is 9.97 Å². The molecule has 0 saturated heterocycles. The predicted octanol–water partition coefficient (Wildman–Crippen LogP) is -0.0539. The van der Waals surface area contributed by atoms with E-state index in [1.165, 1.54) is 13.4 Å². The molecule has 0 saturated carbocycles. The molecule has 3 N–H and O–H groups in total. The quantitative estimate of drug-likeness (QED) is 0.617. The second-order valence-electron chi connectivity index (χ2n) is 3.33. The van der Waals surface area contributed by atoms with Gasteiger partial charge in [0.05, 0.1) is 26.4 Å². The Kier molecular flexibility index (Phi) is 5.44. The van der Waals surface area contributed by atoms with E-state index in [2.05, 4.69) is 20.6 Å². The van der Waals surface area contributed by atoms with E-state index in [-0.39, 0.29) is 12.6 Å². The molecule has 96 valence electrons. The monoisotopic (exact) mass is 242 g/mol. The maximum absolute atomic E-state index is 9.17. The zero-order valence-corrected chi connectivity index (χ0v) is 10.2. The number of aliphatic hydroxyl groups excluding tert-OH is 1. The zero-order chi connectivity index (χ0) is 12.7. The summed E-state index contributed by atoms with van der Waals surface area (Å²) >= 11 is 0. The van der Waals surface area contributed by atoms with Crippen molar-refractivity contribution in [2.24, 2.45) is 0 Å². The first-order valence-corrected chi connectivity index (χ1v) is 5.19. The number of nitrogens with zero attached hydrogens (tertiary/aromatic N) is 2. The molecule has 0 aliphatic rings. The summed E-state index contributed by atoms with van der Waals surface area (Å²) < 4.78 is 10.2. The summed E-state index contributed by atoms with van der Waals surface area (Å²) in [5, 5.41) is 15.1. The summed E-state index contributed by atoms with van der Waals surface area (Å²) in [5.41, 5.74) is 0. The molecular formula is C10H18N4O3. The summed E-state index contributed by atoms with van der Waals surface area (Å²) in [7, 11) is 4.85. The van der Waals surface area contributed by atoms with Gasteiger partial charge in [-0.15, -0.1) is 0 Å². The van der Waals surface area contributed by atoms with Gasteiger partial charge in [-0.1, -0.05) is 0 Å². The molecule has 17 heavy (non-hydrogen) atoms. The fourth-order valence-electron chi connectivity index (χ4n) is 1.38. The van der Waals surface area contributed by atoms with Gasteiger partial charge in [0.15, 0.2) is 11.6 Å². The van der Waals surface area contributed by atoms with Crippen molar-refractivity contribution in [1.29, 1.82) is 0 Å². The highest BCUT2D eigenvalue weighted by Crippen LogP contribution is 2.28. The second-order valence-corrected chi connectivity index (χ2v) is 3.33. The van der Waals surface area contributed by atoms with Gasteiger partial charge in [0.1, 0.15) is 6.33 Å². The van der Waals surface area contributed by atoms with Crippen molar-refractivity contribution in [2.45, 2.75) is 6.04 Å². The largest absolute Gasteiger partial charge is 0.490 e. The highest BCUT2D eigenvalue weighted by atomic mass is 16.5. The van der Waals surface area contributed by atoms with E-state index in [1.807, 2.05) is 0 Å². The third-order valence-electron chi connectivity index (χ3n) is 2.17. The van der Waals surface area contributed by atoms with Gasteiger partial charge in [-0.2, -0.15) is 0 Å². The average molecular weight is 242 g/mol. The van der Waals surface area contributed by atoms with Gasteiger partial charge in [0.25, 0.3) is 0 Å². The molecule has 1 aromatic rings. The van der Waals surface area contributed by atoms with E-state index in [0.717, 1.165) is 0 Å². The Labute approximate surface area is 100 Å². The highest BCUT2D eigenvalue weighted by Gasteiger charge is 2.14. The summed E-state index contributed by atoms with van der Waals surface area (Å²) in [4.78, 5) is 8.10. The molecule has 0 fully saturated rings. The minimum absolute atomic E-state index is 0.0596. The Hall–Kier alpha value is -1.60. The fraction of sp³-hybridized carbons (Fsp3) is 0.600. The zero-order valence-electron chi connectivity index (χ0n) is 10.2. The molecule has 1 atom stereocenters. The maximum atomic E-state index is 9.17. The van der Waals surface area contributed by atoms with Crippen LogP contribution >= 0.6 is 0 Å². The summed E-state index contributed by atoms with van der Waals surface area (Å²) in [5.74, 6) is 1.60. The van der Waals surface area contributed by atoms with Crippen molar-refractivity contribution in [2.75, 3.05) is 45.1 Å². The van der Waals surface area contributed by atoms with Crippen LogP contribution in [0.25, 0.3) is 0 Å². The first-order chi connectivity index (χ1) is 8.26. The van der Waals surface area contributed by atoms with Crippen LogP contribution in [-0.4, -0.2) is 55.6 Å². The Balaban J connectivity index is 2.88. The van der Waals surface area contributed by atoms with Crippen molar-refractivity contribution in [3.63, 3.8) is 0 Å². The number of anilines is 2. The topological polar surface area (TPSA) is 88.5 Å². The van der Waals surface area contributed by atoms with E-state index >= 15 is 0 Å². The lowest BCUT2D eigenvalue weighted by atomic mass is 10.3. The minimum atomic E-state index is -0.242. The van der Waals surface area contributed by atoms with Crippen LogP contribution in [0.4, 0.5) is 11.6 Å². The number of aliphatic hydroxyl groups is 1. The normalized spacial score (nSPS) is 12.0. The van der Waals surface area contributed by atoms with Gasteiger partial charge < -0.3 is 25.2 Å². The number of hydrogen-bond acceptors (Lipinski definition) is 7. The molecule has 0 bridgehead atoms. The van der Waals surface area contributed by atoms with E-state index in [4.69, 9.17) is 14.6 Å². The molecule has 1 heterocycles. The van der Waals surface area contributed by atoms with E-state index in [9.17, 15) is 0 Å². The van der Waals surface area contributed by atoms with Gasteiger partial charge in [0, 0.05) is 14.2 Å². The van der Waals surface area contributed by atoms with Gasteiger partial charge in [-0.3, -0.25) is 0 Å². The summed E-state index contributed by atoms with van der Waals surface area (Å²) in [6.45, 7) is 0.314. The third kappa shape index (κ3) is 3.43. The number of nitrogens with one attached hydrogen (secondary N) is 2. The van der Waals surface area contributed by atoms with Crippen molar-refractivity contribution in [3.05, 3.63) is 6.33 Å². The minimum Gasteiger partial charge on any atom is -0.490 e. The highest BCUT2D eigenvalue weighted by molar-refractivity contribution is 5.63. The molecule has 7 heteroatoms. The molecule has 7 nitrogen and oxygen atoms in total. The molecule has 1 unspecified atom stereocenters. The number of rotatable bonds is 7. The van der Waals surface area contributed by atoms with Crippen LogP contribution in [0.5, 0.6) is 5.75 Å². The molecule has 0 aliphatic heterocycles. The summed E-state index contributed by atoms with van der Waals surface area (Å²) in [6.07, 6.45) is 1.41. The number of ether oxygens (including phenoxy) is 2. The van der Waals surface area contributed by atoms with Crippen LogP contribution in [0.1, 0.15) is 0 Å². The van der Waals surface area contributed by atoms with Crippen molar-refractivity contribution < 1.29 is 14.6 Å². The van der Waals surface area contributed by atoms with Crippen molar-refractivity contribution >= 4 is 11.6 Å². The molecule has 0 radical (unpaired) electrons. The molecule has 0 spiro atoms. The Bertz CT molecular complexity index is 348. The van der Waals surface area contributed by atoms with Crippen LogP contribution < -0.4 is 15.4 Å². The van der Waals surface area contributed by atoms with Gasteiger partial charge in [0.2, 0.25) is 5.75 Å². The van der Waals surface area contributed by atoms with E-state index in [1.54, 1.807) is 14.2 Å². The standard InChI is InChI=1S/C10H18N4O3/c1-11-9-8(17-3)10(13-6-12-9)14-7(4-15)5-16-2/h6-7,15H,4-5H2,1-3H3,(H2,11,12,13,14). The van der Waals surface area contributed by atoms with Gasteiger partial charge in [-0.25, -0.2) is 9.97 Å². The molecule has 1 aromatic heterocycles. The molecule has 0 aliphatic carbocycles. The first kappa shape index (κ1) is 13.5. The second kappa shape index (κ2) is 6.87. The number of hydrogen-bond donors (Lipinski definition) is 3. The maximum Gasteiger partial charge on any atom is 0.204 e. The molecule has 0 aromatic carbocycles. The van der Waals surface area contributed by atoms with Crippen molar-refractivity contribution in [3.8, 4) is 5.75 Å². The first-order valence-electron chi connectivity index (χ1n) is 5.19. The van der Waals surface area contributed by atoms with Crippen LogP contribution in [0, 0.1) is 0 Å². The number of aromatic nitrogens is 2. The van der Waals surface area contributed by atoms with Crippen LogP contribution in [0.3, 0.4) is 0 Å². The Morgan fingerprint density at radius 3 is 2.59 bits per heavy atom. The lowest BCUT2D eigenvalue weighted by molar-refractivity contribution is 0.153. The SMILES string of the molecule is CNc1ncnc(NC(CO)COC)c1OC. The third-order valence-corrected chi connectivity index (χ3v) is 2.17. The van der Waals surface area contributed by atoms with Crippen LogP contribution in [0.2, 0.25) is 0 Å². The predicted molar refractivity (Wildman–Crippen MR) is 64.5 cm³/mol. The van der Waals surface area contributed by atoms with E-state index in [0.29, 0.717) is 24.0 Å². The van der Waals surface area contributed by atoms with Crippen LogP contribution in [0.15, 0.2) is 6.33 Å². The Morgan fingerprint density at radius 1 is 1.35 bits per heavy atom.